The van der Waals surface area contributed by atoms with Crippen molar-refractivity contribution in [3.8, 4) is 0 Å². The number of ether oxygens (including phenoxy) is 3. The Bertz CT molecular complexity index is 1530. The molecule has 4 heterocycles. The number of aliphatic hydroxyl groups excluding tert-OH is 1. The smallest absolute Gasteiger partial charge is 0.127 e. The van der Waals surface area contributed by atoms with Crippen LogP contribution < -0.4 is 0 Å². The molecule has 244 valence electrons. The van der Waals surface area contributed by atoms with Crippen LogP contribution in [-0.4, -0.2) is 92.8 Å². The van der Waals surface area contributed by atoms with E-state index >= 15 is 0 Å². The van der Waals surface area contributed by atoms with Crippen LogP contribution in [0, 0.1) is 11.6 Å². The lowest BCUT2D eigenvalue weighted by atomic mass is 10.1. The van der Waals surface area contributed by atoms with Gasteiger partial charge in [-0.3, -0.25) is 0 Å². The first-order valence-electron chi connectivity index (χ1n) is 16.3. The second-order valence-corrected chi connectivity index (χ2v) is 14.4. The van der Waals surface area contributed by atoms with Crippen LogP contribution in [0.5, 0.6) is 0 Å². The maximum atomic E-state index is 14.8. The highest BCUT2D eigenvalue weighted by Gasteiger charge is 2.23. The first-order chi connectivity index (χ1) is 22.0. The summed E-state index contributed by atoms with van der Waals surface area (Å²) >= 11 is 3.16. The van der Waals surface area contributed by atoms with Crippen molar-refractivity contribution in [3.05, 3.63) is 69.4 Å². The van der Waals surface area contributed by atoms with Crippen molar-refractivity contribution in [2.75, 3.05) is 65.7 Å². The van der Waals surface area contributed by atoms with E-state index in [-0.39, 0.29) is 23.8 Å². The van der Waals surface area contributed by atoms with Gasteiger partial charge in [0.2, 0.25) is 0 Å². The van der Waals surface area contributed by atoms with Gasteiger partial charge in [0.25, 0.3) is 0 Å². The molecule has 2 aliphatic rings. The van der Waals surface area contributed by atoms with Crippen molar-refractivity contribution in [1.82, 2.24) is 9.80 Å². The molecule has 6 rings (SSSR count). The zero-order chi connectivity index (χ0) is 31.0. The molecule has 2 aromatic heterocycles. The van der Waals surface area contributed by atoms with Crippen molar-refractivity contribution in [3.63, 3.8) is 0 Å². The van der Waals surface area contributed by atoms with Crippen LogP contribution in [0.25, 0.3) is 20.2 Å². The van der Waals surface area contributed by atoms with Crippen LogP contribution in [0.1, 0.15) is 41.7 Å². The number of rotatable bonds is 17. The third-order valence-electron chi connectivity index (χ3n) is 8.85. The van der Waals surface area contributed by atoms with Crippen molar-refractivity contribution >= 4 is 42.8 Å². The lowest BCUT2D eigenvalue weighted by molar-refractivity contribution is 0.0472. The highest BCUT2D eigenvalue weighted by molar-refractivity contribution is 7.19. The van der Waals surface area contributed by atoms with Gasteiger partial charge in [0, 0.05) is 66.8 Å². The summed E-state index contributed by atoms with van der Waals surface area (Å²) in [5.74, 6) is -0.318. The Morgan fingerprint density at radius 2 is 1.44 bits per heavy atom. The average molecular weight is 659 g/mol. The van der Waals surface area contributed by atoms with Gasteiger partial charge in [-0.05, 0) is 102 Å². The topological polar surface area (TPSA) is 54.4 Å². The monoisotopic (exact) mass is 658 g/mol. The van der Waals surface area contributed by atoms with Crippen LogP contribution in [0.4, 0.5) is 8.78 Å². The minimum Gasteiger partial charge on any atom is -0.392 e. The van der Waals surface area contributed by atoms with Gasteiger partial charge in [0.1, 0.15) is 11.6 Å². The number of β-amino-alcohol motifs (C(OH)–C–C–N with tert-alkyl or cyclic N) is 1. The largest absolute Gasteiger partial charge is 0.392 e. The summed E-state index contributed by atoms with van der Waals surface area (Å²) in [4.78, 5) is 5.80. The first-order valence-corrected chi connectivity index (χ1v) is 18.0. The van der Waals surface area contributed by atoms with Crippen molar-refractivity contribution in [2.24, 2.45) is 0 Å². The molecule has 0 spiro atoms. The molecular weight excluding hydrogens is 615 g/mol. The fourth-order valence-corrected chi connectivity index (χ4v) is 8.14. The highest BCUT2D eigenvalue weighted by Crippen LogP contribution is 2.30. The molecule has 0 amide bonds. The number of thiophene rings is 2. The number of hydrogen-bond donors (Lipinski definition) is 1. The standard InChI is InChI=1S/C35H44F2N2O4S2/c36-32-20-34-27(7-16-44-34)17-25(32)5-14-42-13-2-9-39-11-4-30(23-39)43-24-31-19-28-18-26(33(37)21-35(28)45-31)6-15-41-12-1-8-38-10-3-29(40)22-38/h7,16-21,29-30,40H,1-6,8-15,22-24H2. The Morgan fingerprint density at radius 3 is 2.16 bits per heavy atom. The van der Waals surface area contributed by atoms with Crippen molar-refractivity contribution in [1.29, 1.82) is 0 Å². The first kappa shape index (κ1) is 32.9. The Balaban J connectivity index is 0.848. The van der Waals surface area contributed by atoms with Crippen LogP contribution in [0.3, 0.4) is 0 Å². The summed E-state index contributed by atoms with van der Waals surface area (Å²) in [6.45, 7) is 8.43. The van der Waals surface area contributed by atoms with Crippen LogP contribution in [0.15, 0.2) is 41.8 Å². The zero-order valence-electron chi connectivity index (χ0n) is 25.9. The highest BCUT2D eigenvalue weighted by atomic mass is 32.1. The summed E-state index contributed by atoms with van der Waals surface area (Å²) in [6.07, 6.45) is 4.89. The molecular formula is C35H44F2N2O4S2. The van der Waals surface area contributed by atoms with Crippen LogP contribution >= 0.6 is 22.7 Å². The van der Waals surface area contributed by atoms with E-state index in [2.05, 4.69) is 15.9 Å². The van der Waals surface area contributed by atoms with E-state index in [0.29, 0.717) is 51.4 Å². The molecule has 0 bridgehead atoms. The average Bonchev–Trinajstić information content (AvgIpc) is 3.83. The minimum atomic E-state index is -0.187. The number of halogens is 2. The van der Waals surface area contributed by atoms with Gasteiger partial charge in [-0.25, -0.2) is 8.78 Å². The van der Waals surface area contributed by atoms with E-state index in [1.165, 1.54) is 0 Å². The van der Waals surface area contributed by atoms with Crippen LogP contribution in [0.2, 0.25) is 0 Å². The summed E-state index contributed by atoms with van der Waals surface area (Å²) in [6, 6.07) is 11.3. The molecule has 2 atom stereocenters. The number of aliphatic hydroxyl groups is 1. The summed E-state index contributed by atoms with van der Waals surface area (Å²) in [5, 5.41) is 13.8. The zero-order valence-corrected chi connectivity index (χ0v) is 27.5. The minimum absolute atomic E-state index is 0.146. The number of benzene rings is 2. The Hall–Kier alpha value is -2.02. The molecule has 45 heavy (non-hydrogen) atoms. The molecule has 4 aromatic rings. The number of hydrogen-bond acceptors (Lipinski definition) is 8. The van der Waals surface area contributed by atoms with Gasteiger partial charge >= 0.3 is 0 Å². The van der Waals surface area contributed by atoms with Gasteiger partial charge in [0.15, 0.2) is 0 Å². The second-order valence-electron chi connectivity index (χ2n) is 12.3. The molecule has 2 unspecified atom stereocenters. The third-order valence-corrected chi connectivity index (χ3v) is 10.8. The summed E-state index contributed by atoms with van der Waals surface area (Å²) in [7, 11) is 0. The summed E-state index contributed by atoms with van der Waals surface area (Å²) in [5.41, 5.74) is 1.41. The second kappa shape index (κ2) is 16.2. The van der Waals surface area contributed by atoms with Gasteiger partial charge in [0.05, 0.1) is 32.0 Å². The predicted molar refractivity (Wildman–Crippen MR) is 179 cm³/mol. The Kier molecular flexibility index (Phi) is 11.8. The predicted octanol–water partition coefficient (Wildman–Crippen LogP) is 6.65. The van der Waals surface area contributed by atoms with Crippen molar-refractivity contribution < 1.29 is 28.1 Å². The van der Waals surface area contributed by atoms with Gasteiger partial charge in [-0.15, -0.1) is 22.7 Å². The van der Waals surface area contributed by atoms with Crippen LogP contribution in [-0.2, 0) is 33.7 Å². The normalized spacial score (nSPS) is 19.5. The maximum Gasteiger partial charge on any atom is 0.127 e. The van der Waals surface area contributed by atoms with E-state index < -0.39 is 0 Å². The summed E-state index contributed by atoms with van der Waals surface area (Å²) < 4.78 is 48.9. The van der Waals surface area contributed by atoms with Gasteiger partial charge in [-0.1, -0.05) is 0 Å². The molecule has 0 radical (unpaired) electrons. The molecule has 2 aliphatic heterocycles. The third kappa shape index (κ3) is 9.29. The molecule has 6 nitrogen and oxygen atoms in total. The molecule has 2 saturated heterocycles. The van der Waals surface area contributed by atoms with E-state index in [0.717, 1.165) is 95.6 Å². The van der Waals surface area contributed by atoms with Gasteiger partial charge in [-0.2, -0.15) is 0 Å². The molecule has 10 heteroatoms. The molecule has 0 saturated carbocycles. The van der Waals surface area contributed by atoms with E-state index in [1.54, 1.807) is 34.8 Å². The van der Waals surface area contributed by atoms with E-state index in [4.69, 9.17) is 14.2 Å². The fraction of sp³-hybridized carbons (Fsp3) is 0.543. The molecule has 2 aromatic carbocycles. The Morgan fingerprint density at radius 1 is 0.778 bits per heavy atom. The Labute approximate surface area is 272 Å². The lowest BCUT2D eigenvalue weighted by Gasteiger charge is -2.16. The molecule has 2 fully saturated rings. The van der Waals surface area contributed by atoms with E-state index in [9.17, 15) is 13.9 Å². The number of fused-ring (bicyclic) bond motifs is 2. The number of likely N-dealkylation sites (tertiary alicyclic amines) is 2. The SMILES string of the molecule is OC1CCN(CCCOCCc2cc3cc(COC4CCN(CCCOCCc5cc6ccsc6cc5F)C4)sc3cc2F)C1. The van der Waals surface area contributed by atoms with Crippen molar-refractivity contribution in [2.45, 2.75) is 57.3 Å². The fourth-order valence-electron chi connectivity index (χ4n) is 6.35. The van der Waals surface area contributed by atoms with Gasteiger partial charge < -0.3 is 29.1 Å². The maximum absolute atomic E-state index is 14.8. The van der Waals surface area contributed by atoms with E-state index in [1.807, 2.05) is 23.6 Å². The lowest BCUT2D eigenvalue weighted by Crippen LogP contribution is -2.25. The molecule has 0 aliphatic carbocycles. The quantitative estimate of drug-likeness (QED) is 0.128. The molecule has 1 N–H and O–H groups in total. The number of nitrogens with zero attached hydrogens (tertiary/aromatic N) is 2.